The molecular weight excluding hydrogens is 264 g/mol. The van der Waals surface area contributed by atoms with Crippen LogP contribution in [-0.2, 0) is 17.8 Å². The number of carbonyl (C=O) groups excluding carboxylic acids is 1. The maximum absolute atomic E-state index is 11.4. The van der Waals surface area contributed by atoms with Gasteiger partial charge in [-0.1, -0.05) is 42.5 Å². The number of aryl methyl sites for hydroxylation is 1. The molecule has 1 amide bonds. The van der Waals surface area contributed by atoms with Crippen LogP contribution in [0, 0.1) is 0 Å². The van der Waals surface area contributed by atoms with Crippen LogP contribution in [0.4, 0.5) is 0 Å². The maximum atomic E-state index is 11.4. The monoisotopic (exact) mass is 284 g/mol. The molecule has 110 valence electrons. The molecule has 4 nitrogen and oxygen atoms in total. The van der Waals surface area contributed by atoms with Crippen molar-refractivity contribution in [1.29, 1.82) is 0 Å². The Kier molecular flexibility index (Phi) is 5.94. The topological polar surface area (TPSA) is 64.3 Å². The van der Waals surface area contributed by atoms with E-state index in [-0.39, 0.29) is 5.91 Å². The van der Waals surface area contributed by atoms with Gasteiger partial charge in [-0.25, -0.2) is 5.84 Å². The fourth-order valence-electron chi connectivity index (χ4n) is 2.10. The van der Waals surface area contributed by atoms with Crippen molar-refractivity contribution < 1.29 is 9.53 Å². The minimum absolute atomic E-state index is 0.291. The van der Waals surface area contributed by atoms with E-state index >= 15 is 0 Å². The van der Waals surface area contributed by atoms with Gasteiger partial charge in [0.15, 0.2) is 0 Å². The number of ether oxygens (including phenoxy) is 1. The van der Waals surface area contributed by atoms with E-state index in [1.54, 1.807) is 12.1 Å². The molecule has 0 saturated heterocycles. The Morgan fingerprint density at radius 2 is 1.81 bits per heavy atom. The quantitative estimate of drug-likeness (QED) is 0.355. The first-order valence-corrected chi connectivity index (χ1v) is 7.01. The van der Waals surface area contributed by atoms with Crippen LogP contribution in [0.3, 0.4) is 0 Å². The van der Waals surface area contributed by atoms with Crippen LogP contribution in [-0.4, -0.2) is 12.5 Å². The molecule has 0 aromatic heterocycles. The van der Waals surface area contributed by atoms with Crippen molar-refractivity contribution in [1.82, 2.24) is 5.43 Å². The van der Waals surface area contributed by atoms with Gasteiger partial charge in [-0.05, 0) is 36.1 Å². The molecule has 21 heavy (non-hydrogen) atoms. The van der Waals surface area contributed by atoms with E-state index in [9.17, 15) is 4.79 Å². The van der Waals surface area contributed by atoms with Crippen LogP contribution >= 0.6 is 0 Å². The molecule has 4 heteroatoms. The number of amides is 1. The Bertz CT molecular complexity index is 570. The highest BCUT2D eigenvalue weighted by Crippen LogP contribution is 2.08. The zero-order chi connectivity index (χ0) is 14.9. The fourth-order valence-corrected chi connectivity index (χ4v) is 2.10. The lowest BCUT2D eigenvalue weighted by atomic mass is 10.1. The van der Waals surface area contributed by atoms with E-state index in [0.717, 1.165) is 18.4 Å². The molecule has 2 aromatic rings. The Morgan fingerprint density at radius 1 is 1.05 bits per heavy atom. The Hall–Kier alpha value is -2.17. The summed E-state index contributed by atoms with van der Waals surface area (Å²) in [6.45, 7) is 1.20. The van der Waals surface area contributed by atoms with E-state index in [1.165, 1.54) is 5.56 Å². The molecule has 0 unspecified atom stereocenters. The number of rotatable bonds is 7. The number of carbonyl (C=O) groups is 1. The number of hydrogen-bond acceptors (Lipinski definition) is 3. The van der Waals surface area contributed by atoms with Gasteiger partial charge in [0, 0.05) is 12.2 Å². The average molecular weight is 284 g/mol. The van der Waals surface area contributed by atoms with Crippen molar-refractivity contribution in [3.05, 3.63) is 71.3 Å². The van der Waals surface area contributed by atoms with Gasteiger partial charge in [-0.3, -0.25) is 10.2 Å². The summed E-state index contributed by atoms with van der Waals surface area (Å²) >= 11 is 0. The summed E-state index contributed by atoms with van der Waals surface area (Å²) in [6.07, 6.45) is 1.99. The molecule has 3 N–H and O–H groups in total. The van der Waals surface area contributed by atoms with Crippen molar-refractivity contribution in [3.8, 4) is 0 Å². The van der Waals surface area contributed by atoms with E-state index in [1.807, 2.05) is 30.3 Å². The van der Waals surface area contributed by atoms with Crippen LogP contribution in [0.5, 0.6) is 0 Å². The Morgan fingerprint density at radius 3 is 2.57 bits per heavy atom. The van der Waals surface area contributed by atoms with Gasteiger partial charge in [0.2, 0.25) is 0 Å². The standard InChI is InChI=1S/C17H20N2O2/c18-19-17(20)16-10-4-8-15(12-16)13-21-11-5-9-14-6-2-1-3-7-14/h1-4,6-8,10,12H,5,9,11,13,18H2,(H,19,20). The Balaban J connectivity index is 1.72. The second kappa shape index (κ2) is 8.19. The number of nitrogens with one attached hydrogen (secondary N) is 1. The molecule has 0 aliphatic carbocycles. The maximum Gasteiger partial charge on any atom is 0.265 e. The highest BCUT2D eigenvalue weighted by Gasteiger charge is 2.03. The third-order valence-corrected chi connectivity index (χ3v) is 3.19. The predicted molar refractivity (Wildman–Crippen MR) is 82.5 cm³/mol. The fraction of sp³-hybridized carbons (Fsp3) is 0.235. The molecule has 0 spiro atoms. The van der Waals surface area contributed by atoms with Gasteiger partial charge in [0.25, 0.3) is 5.91 Å². The van der Waals surface area contributed by atoms with Gasteiger partial charge in [0.05, 0.1) is 6.61 Å². The smallest absolute Gasteiger partial charge is 0.265 e. The van der Waals surface area contributed by atoms with Crippen LogP contribution in [0.25, 0.3) is 0 Å². The summed E-state index contributed by atoms with van der Waals surface area (Å²) in [7, 11) is 0. The minimum atomic E-state index is -0.291. The van der Waals surface area contributed by atoms with Crippen LogP contribution in [0.2, 0.25) is 0 Å². The summed E-state index contributed by atoms with van der Waals surface area (Å²) in [6, 6.07) is 17.6. The molecule has 0 aliphatic heterocycles. The number of hydrazine groups is 1. The molecule has 0 bridgehead atoms. The molecule has 2 aromatic carbocycles. The molecule has 0 fully saturated rings. The first-order valence-electron chi connectivity index (χ1n) is 7.01. The molecule has 0 saturated carbocycles. The van der Waals surface area contributed by atoms with Crippen LogP contribution in [0.15, 0.2) is 54.6 Å². The second-order valence-corrected chi connectivity index (χ2v) is 4.82. The third kappa shape index (κ3) is 5.02. The number of nitrogen functional groups attached to an aromatic ring is 1. The minimum Gasteiger partial charge on any atom is -0.377 e. The zero-order valence-electron chi connectivity index (χ0n) is 11.9. The van der Waals surface area contributed by atoms with E-state index in [0.29, 0.717) is 18.8 Å². The van der Waals surface area contributed by atoms with Gasteiger partial charge in [-0.15, -0.1) is 0 Å². The molecule has 0 radical (unpaired) electrons. The Labute approximate surface area is 124 Å². The van der Waals surface area contributed by atoms with Crippen molar-refractivity contribution in [2.24, 2.45) is 5.84 Å². The first-order chi connectivity index (χ1) is 10.3. The molecule has 2 rings (SSSR count). The van der Waals surface area contributed by atoms with Crippen molar-refractivity contribution in [3.63, 3.8) is 0 Å². The summed E-state index contributed by atoms with van der Waals surface area (Å²) < 4.78 is 5.65. The molecule has 0 heterocycles. The molecule has 0 atom stereocenters. The number of nitrogens with two attached hydrogens (primary N) is 1. The third-order valence-electron chi connectivity index (χ3n) is 3.19. The first kappa shape index (κ1) is 15.2. The summed E-state index contributed by atoms with van der Waals surface area (Å²) in [5.41, 5.74) is 4.96. The van der Waals surface area contributed by atoms with Crippen molar-refractivity contribution in [2.75, 3.05) is 6.61 Å². The van der Waals surface area contributed by atoms with Gasteiger partial charge in [0.1, 0.15) is 0 Å². The average Bonchev–Trinajstić information content (AvgIpc) is 2.55. The van der Waals surface area contributed by atoms with E-state index in [2.05, 4.69) is 17.6 Å². The molecule has 0 aliphatic rings. The lowest BCUT2D eigenvalue weighted by Crippen LogP contribution is -2.29. The molecular formula is C17H20N2O2. The van der Waals surface area contributed by atoms with Crippen molar-refractivity contribution >= 4 is 5.91 Å². The van der Waals surface area contributed by atoms with Crippen LogP contribution in [0.1, 0.15) is 27.9 Å². The van der Waals surface area contributed by atoms with Crippen LogP contribution < -0.4 is 11.3 Å². The number of benzene rings is 2. The summed E-state index contributed by atoms with van der Waals surface area (Å²) in [4.78, 5) is 11.4. The van der Waals surface area contributed by atoms with Gasteiger partial charge < -0.3 is 4.74 Å². The zero-order valence-corrected chi connectivity index (χ0v) is 11.9. The normalized spacial score (nSPS) is 10.3. The predicted octanol–water partition coefficient (Wildman–Crippen LogP) is 2.44. The largest absolute Gasteiger partial charge is 0.377 e. The number of hydrogen-bond donors (Lipinski definition) is 2. The lowest BCUT2D eigenvalue weighted by molar-refractivity contribution is 0.0952. The van der Waals surface area contributed by atoms with Gasteiger partial charge >= 0.3 is 0 Å². The van der Waals surface area contributed by atoms with Crippen molar-refractivity contribution in [2.45, 2.75) is 19.4 Å². The lowest BCUT2D eigenvalue weighted by Gasteiger charge is -2.06. The summed E-state index contributed by atoms with van der Waals surface area (Å²) in [5, 5.41) is 0. The van der Waals surface area contributed by atoms with E-state index in [4.69, 9.17) is 10.6 Å². The highest BCUT2D eigenvalue weighted by molar-refractivity contribution is 5.93. The van der Waals surface area contributed by atoms with Gasteiger partial charge in [-0.2, -0.15) is 0 Å². The SMILES string of the molecule is NNC(=O)c1cccc(COCCCc2ccccc2)c1. The summed E-state index contributed by atoms with van der Waals surface area (Å²) in [5.74, 6) is 4.83. The second-order valence-electron chi connectivity index (χ2n) is 4.82. The highest BCUT2D eigenvalue weighted by atomic mass is 16.5. The van der Waals surface area contributed by atoms with E-state index < -0.39 is 0 Å².